The standard InChI is InChI=1S/C9H19NO/c1-4-5-6-7-10(2)8-9-11-3/h5-6H,4,7-9H2,1-3H3/b6-5-. The molecule has 0 atom stereocenters. The summed E-state index contributed by atoms with van der Waals surface area (Å²) in [7, 11) is 3.83. The second-order valence-electron chi connectivity index (χ2n) is 2.63. The van der Waals surface area contributed by atoms with Crippen molar-refractivity contribution in [1.82, 2.24) is 4.90 Å². The van der Waals surface area contributed by atoms with Crippen LogP contribution < -0.4 is 0 Å². The Morgan fingerprint density at radius 3 is 2.64 bits per heavy atom. The number of ether oxygens (including phenoxy) is 1. The second-order valence-corrected chi connectivity index (χ2v) is 2.63. The summed E-state index contributed by atoms with van der Waals surface area (Å²) in [5.74, 6) is 0. The highest BCUT2D eigenvalue weighted by molar-refractivity contribution is 4.82. The molecule has 0 rings (SSSR count). The molecule has 0 bridgehead atoms. The van der Waals surface area contributed by atoms with Crippen LogP contribution in [-0.4, -0.2) is 38.8 Å². The van der Waals surface area contributed by atoms with Crippen molar-refractivity contribution in [2.24, 2.45) is 0 Å². The number of likely N-dealkylation sites (N-methyl/N-ethyl adjacent to an activating group) is 1. The maximum atomic E-state index is 4.95. The van der Waals surface area contributed by atoms with E-state index in [0.29, 0.717) is 0 Å². The van der Waals surface area contributed by atoms with E-state index >= 15 is 0 Å². The van der Waals surface area contributed by atoms with Crippen LogP contribution in [0.2, 0.25) is 0 Å². The predicted octanol–water partition coefficient (Wildman–Crippen LogP) is 1.53. The van der Waals surface area contributed by atoms with Gasteiger partial charge < -0.3 is 9.64 Å². The largest absolute Gasteiger partial charge is 0.383 e. The van der Waals surface area contributed by atoms with Gasteiger partial charge in [-0.05, 0) is 13.5 Å². The zero-order valence-corrected chi connectivity index (χ0v) is 7.84. The van der Waals surface area contributed by atoms with E-state index in [1.165, 1.54) is 0 Å². The monoisotopic (exact) mass is 157 g/mol. The Kier molecular flexibility index (Phi) is 7.52. The molecule has 66 valence electrons. The number of hydrogen-bond donors (Lipinski definition) is 0. The molecule has 0 fully saturated rings. The van der Waals surface area contributed by atoms with Gasteiger partial charge in [-0.25, -0.2) is 0 Å². The molecule has 11 heavy (non-hydrogen) atoms. The maximum Gasteiger partial charge on any atom is 0.0589 e. The summed E-state index contributed by atoms with van der Waals surface area (Å²) in [6.07, 6.45) is 5.50. The summed E-state index contributed by atoms with van der Waals surface area (Å²) in [6.45, 7) is 4.99. The van der Waals surface area contributed by atoms with Crippen molar-refractivity contribution in [1.29, 1.82) is 0 Å². The van der Waals surface area contributed by atoms with Crippen molar-refractivity contribution >= 4 is 0 Å². The molecule has 0 unspecified atom stereocenters. The van der Waals surface area contributed by atoms with Crippen LogP contribution in [0.1, 0.15) is 13.3 Å². The normalized spacial score (nSPS) is 11.6. The molecule has 0 aliphatic rings. The van der Waals surface area contributed by atoms with Gasteiger partial charge in [0, 0.05) is 20.2 Å². The minimum atomic E-state index is 0.816. The third kappa shape index (κ3) is 7.56. The molecule has 0 aliphatic heterocycles. The highest BCUT2D eigenvalue weighted by Crippen LogP contribution is 1.85. The molecule has 0 aliphatic carbocycles. The fourth-order valence-electron chi connectivity index (χ4n) is 0.760. The number of methoxy groups -OCH3 is 1. The molecule has 0 aromatic heterocycles. The van der Waals surface area contributed by atoms with E-state index in [9.17, 15) is 0 Å². The van der Waals surface area contributed by atoms with Gasteiger partial charge in [-0.15, -0.1) is 0 Å². The molecule has 0 spiro atoms. The number of allylic oxidation sites excluding steroid dienone is 1. The van der Waals surface area contributed by atoms with Crippen molar-refractivity contribution in [3.05, 3.63) is 12.2 Å². The predicted molar refractivity (Wildman–Crippen MR) is 48.8 cm³/mol. The minimum Gasteiger partial charge on any atom is -0.383 e. The smallest absolute Gasteiger partial charge is 0.0589 e. The van der Waals surface area contributed by atoms with Crippen molar-refractivity contribution < 1.29 is 4.74 Å². The lowest BCUT2D eigenvalue weighted by molar-refractivity contribution is 0.166. The molecule has 0 amide bonds. The van der Waals surface area contributed by atoms with Crippen molar-refractivity contribution in [3.63, 3.8) is 0 Å². The molecular weight excluding hydrogens is 138 g/mol. The van der Waals surface area contributed by atoms with Gasteiger partial charge in [-0.3, -0.25) is 0 Å². The molecule has 0 heterocycles. The molecular formula is C9H19NO. The van der Waals surface area contributed by atoms with E-state index in [2.05, 4.69) is 31.0 Å². The Balaban J connectivity index is 3.21. The van der Waals surface area contributed by atoms with Crippen LogP contribution in [0.4, 0.5) is 0 Å². The summed E-state index contributed by atoms with van der Waals surface area (Å²) >= 11 is 0. The SMILES string of the molecule is CC/C=C\CN(C)CCOC. The summed E-state index contributed by atoms with van der Waals surface area (Å²) in [4.78, 5) is 2.23. The van der Waals surface area contributed by atoms with Gasteiger partial charge >= 0.3 is 0 Å². The van der Waals surface area contributed by atoms with E-state index in [-0.39, 0.29) is 0 Å². The van der Waals surface area contributed by atoms with Crippen molar-refractivity contribution in [3.8, 4) is 0 Å². The van der Waals surface area contributed by atoms with Gasteiger partial charge in [0.2, 0.25) is 0 Å². The quantitative estimate of drug-likeness (QED) is 0.542. The molecule has 0 aromatic carbocycles. The first-order valence-electron chi connectivity index (χ1n) is 4.13. The van der Waals surface area contributed by atoms with Crippen LogP contribution >= 0.6 is 0 Å². The van der Waals surface area contributed by atoms with Crippen LogP contribution in [0, 0.1) is 0 Å². The molecule has 0 saturated carbocycles. The average molecular weight is 157 g/mol. The van der Waals surface area contributed by atoms with Crippen LogP contribution in [0.15, 0.2) is 12.2 Å². The highest BCUT2D eigenvalue weighted by Gasteiger charge is 1.92. The fourth-order valence-corrected chi connectivity index (χ4v) is 0.760. The minimum absolute atomic E-state index is 0.816. The molecule has 2 nitrogen and oxygen atoms in total. The van der Waals surface area contributed by atoms with E-state index in [4.69, 9.17) is 4.74 Å². The van der Waals surface area contributed by atoms with Gasteiger partial charge in [0.25, 0.3) is 0 Å². The van der Waals surface area contributed by atoms with Crippen molar-refractivity contribution in [2.45, 2.75) is 13.3 Å². The third-order valence-corrected chi connectivity index (χ3v) is 1.50. The Bertz CT molecular complexity index is 102. The van der Waals surface area contributed by atoms with Gasteiger partial charge in [-0.2, -0.15) is 0 Å². The third-order valence-electron chi connectivity index (χ3n) is 1.50. The number of rotatable bonds is 6. The van der Waals surface area contributed by atoms with Crippen LogP contribution in [-0.2, 0) is 4.74 Å². The summed E-state index contributed by atoms with van der Waals surface area (Å²) in [5, 5.41) is 0. The lowest BCUT2D eigenvalue weighted by Crippen LogP contribution is -2.22. The molecule has 2 heteroatoms. The van der Waals surface area contributed by atoms with E-state index < -0.39 is 0 Å². The van der Waals surface area contributed by atoms with Crippen LogP contribution in [0.25, 0.3) is 0 Å². The van der Waals surface area contributed by atoms with Gasteiger partial charge in [0.05, 0.1) is 6.61 Å². The van der Waals surface area contributed by atoms with Crippen LogP contribution in [0.5, 0.6) is 0 Å². The first-order chi connectivity index (χ1) is 5.31. The zero-order valence-electron chi connectivity index (χ0n) is 7.84. The van der Waals surface area contributed by atoms with Gasteiger partial charge in [0.1, 0.15) is 0 Å². The Hall–Kier alpha value is -0.340. The van der Waals surface area contributed by atoms with Crippen LogP contribution in [0.3, 0.4) is 0 Å². The lowest BCUT2D eigenvalue weighted by Gasteiger charge is -2.12. The summed E-state index contributed by atoms with van der Waals surface area (Å²) in [5.41, 5.74) is 0. The van der Waals surface area contributed by atoms with Gasteiger partial charge in [0.15, 0.2) is 0 Å². The topological polar surface area (TPSA) is 12.5 Å². The molecule has 0 N–H and O–H groups in total. The Morgan fingerprint density at radius 2 is 2.09 bits per heavy atom. The average Bonchev–Trinajstić information content (AvgIpc) is 2.01. The second kappa shape index (κ2) is 7.76. The van der Waals surface area contributed by atoms with E-state index in [1.54, 1.807) is 7.11 Å². The zero-order chi connectivity index (χ0) is 8.53. The first kappa shape index (κ1) is 10.7. The molecule has 0 radical (unpaired) electrons. The maximum absolute atomic E-state index is 4.95. The van der Waals surface area contributed by atoms with E-state index in [0.717, 1.165) is 26.1 Å². The Labute approximate surface area is 69.8 Å². The Morgan fingerprint density at radius 1 is 1.36 bits per heavy atom. The lowest BCUT2D eigenvalue weighted by atomic mass is 10.4. The summed E-state index contributed by atoms with van der Waals surface area (Å²) < 4.78 is 4.95. The van der Waals surface area contributed by atoms with E-state index in [1.807, 2.05) is 0 Å². The van der Waals surface area contributed by atoms with Crippen molar-refractivity contribution in [2.75, 3.05) is 33.9 Å². The molecule has 0 saturated heterocycles. The first-order valence-corrected chi connectivity index (χ1v) is 4.13. The highest BCUT2D eigenvalue weighted by atomic mass is 16.5. The van der Waals surface area contributed by atoms with Gasteiger partial charge in [-0.1, -0.05) is 19.1 Å². The fraction of sp³-hybridized carbons (Fsp3) is 0.778. The molecule has 0 aromatic rings. The number of nitrogens with zero attached hydrogens (tertiary/aromatic N) is 1. The number of hydrogen-bond acceptors (Lipinski definition) is 2. The summed E-state index contributed by atoms with van der Waals surface area (Å²) in [6, 6.07) is 0.